The third-order valence-electron chi connectivity index (χ3n) is 2.28. The maximum absolute atomic E-state index is 5.84. The molecule has 1 N–H and O–H groups in total. The first-order valence-electron chi connectivity index (χ1n) is 5.72. The Balaban J connectivity index is 1.95. The van der Waals surface area contributed by atoms with Crippen LogP contribution in [0.15, 0.2) is 6.33 Å². The molecule has 0 aromatic carbocycles. The zero-order chi connectivity index (χ0) is 13.8. The molecule has 0 aliphatic rings. The molecule has 2 aromatic heterocycles. The van der Waals surface area contributed by atoms with E-state index in [1.165, 1.54) is 0 Å². The van der Waals surface area contributed by atoms with Crippen molar-refractivity contribution in [2.75, 3.05) is 30.9 Å². The Bertz CT molecular complexity index is 552. The van der Waals surface area contributed by atoms with Crippen molar-refractivity contribution in [2.24, 2.45) is 7.05 Å². The predicted octanol–water partition coefficient (Wildman–Crippen LogP) is 0.374. The molecule has 2 rings (SSSR count). The van der Waals surface area contributed by atoms with Gasteiger partial charge in [-0.15, -0.1) is 0 Å². The molecule has 2 aromatic rings. The molecule has 2 heterocycles. The van der Waals surface area contributed by atoms with Gasteiger partial charge in [0.25, 0.3) is 0 Å². The van der Waals surface area contributed by atoms with Gasteiger partial charge in [0.05, 0.1) is 0 Å². The van der Waals surface area contributed by atoms with Crippen LogP contribution in [0.1, 0.15) is 5.82 Å². The summed E-state index contributed by atoms with van der Waals surface area (Å²) in [5, 5.41) is 7.42. The summed E-state index contributed by atoms with van der Waals surface area (Å²) in [6.07, 6.45) is 2.35. The van der Waals surface area contributed by atoms with Gasteiger partial charge >= 0.3 is 0 Å². The van der Waals surface area contributed by atoms with Crippen LogP contribution in [-0.2, 0) is 13.5 Å². The van der Waals surface area contributed by atoms with Gasteiger partial charge in [-0.25, -0.2) is 4.98 Å². The van der Waals surface area contributed by atoms with E-state index >= 15 is 0 Å². The van der Waals surface area contributed by atoms with Gasteiger partial charge in [-0.1, -0.05) is 0 Å². The molecule has 0 unspecified atom stereocenters. The Labute approximate surface area is 115 Å². The molecule has 0 saturated carbocycles. The molecular weight excluding hydrogens is 268 g/mol. The molecule has 0 radical (unpaired) electrons. The molecule has 9 heteroatoms. The fourth-order valence-corrected chi connectivity index (χ4v) is 1.56. The Morgan fingerprint density at radius 2 is 2.11 bits per heavy atom. The minimum absolute atomic E-state index is 0.164. The van der Waals surface area contributed by atoms with E-state index in [1.54, 1.807) is 15.9 Å². The highest BCUT2D eigenvalue weighted by atomic mass is 35.5. The normalized spacial score (nSPS) is 10.5. The minimum Gasteiger partial charge on any atom is -0.354 e. The van der Waals surface area contributed by atoms with Crippen molar-refractivity contribution in [1.82, 2.24) is 29.7 Å². The van der Waals surface area contributed by atoms with Crippen LogP contribution in [0.25, 0.3) is 0 Å². The van der Waals surface area contributed by atoms with E-state index in [-0.39, 0.29) is 5.28 Å². The van der Waals surface area contributed by atoms with Gasteiger partial charge in [0.1, 0.15) is 6.33 Å². The van der Waals surface area contributed by atoms with Crippen LogP contribution in [0.5, 0.6) is 0 Å². The molecule has 0 spiro atoms. The van der Waals surface area contributed by atoms with Crippen molar-refractivity contribution in [1.29, 1.82) is 0 Å². The highest BCUT2D eigenvalue weighted by molar-refractivity contribution is 6.28. The van der Waals surface area contributed by atoms with Gasteiger partial charge < -0.3 is 10.2 Å². The van der Waals surface area contributed by atoms with Gasteiger partial charge in [0.2, 0.25) is 17.2 Å². The standard InChI is InChI=1S/C10H15ClN8/c1-18(2)10-15-8(11)14-9(16-10)12-5-4-7-13-6-19(3)17-7/h6H,4-5H2,1-3H3,(H,12,14,15,16). The summed E-state index contributed by atoms with van der Waals surface area (Å²) in [6.45, 7) is 0.622. The summed E-state index contributed by atoms with van der Waals surface area (Å²) in [7, 11) is 5.51. The lowest BCUT2D eigenvalue weighted by molar-refractivity contribution is 0.741. The fraction of sp³-hybridized carbons (Fsp3) is 0.500. The molecule has 0 aliphatic carbocycles. The second kappa shape index (κ2) is 5.79. The van der Waals surface area contributed by atoms with Gasteiger partial charge in [-0.3, -0.25) is 4.68 Å². The largest absolute Gasteiger partial charge is 0.354 e. The first-order valence-corrected chi connectivity index (χ1v) is 6.09. The lowest BCUT2D eigenvalue weighted by Gasteiger charge is -2.11. The van der Waals surface area contributed by atoms with Gasteiger partial charge in [0, 0.05) is 34.1 Å². The first kappa shape index (κ1) is 13.5. The van der Waals surface area contributed by atoms with E-state index in [0.717, 1.165) is 5.82 Å². The van der Waals surface area contributed by atoms with Crippen molar-refractivity contribution in [3.63, 3.8) is 0 Å². The smallest absolute Gasteiger partial charge is 0.230 e. The maximum atomic E-state index is 5.84. The number of hydrogen-bond donors (Lipinski definition) is 1. The highest BCUT2D eigenvalue weighted by Gasteiger charge is 2.06. The topological polar surface area (TPSA) is 84.7 Å². The molecule has 102 valence electrons. The van der Waals surface area contributed by atoms with E-state index in [4.69, 9.17) is 11.6 Å². The Morgan fingerprint density at radius 1 is 1.32 bits per heavy atom. The van der Waals surface area contributed by atoms with Gasteiger partial charge in [0.15, 0.2) is 5.82 Å². The van der Waals surface area contributed by atoms with Crippen molar-refractivity contribution < 1.29 is 0 Å². The van der Waals surface area contributed by atoms with E-state index in [1.807, 2.05) is 21.1 Å². The monoisotopic (exact) mass is 282 g/mol. The fourth-order valence-electron chi connectivity index (χ4n) is 1.40. The number of halogens is 1. The zero-order valence-electron chi connectivity index (χ0n) is 11.0. The van der Waals surface area contributed by atoms with Crippen LogP contribution in [0.4, 0.5) is 11.9 Å². The summed E-state index contributed by atoms with van der Waals surface area (Å²) < 4.78 is 1.67. The SMILES string of the molecule is CN(C)c1nc(Cl)nc(NCCc2ncn(C)n2)n1. The Kier molecular flexibility index (Phi) is 4.10. The third kappa shape index (κ3) is 3.75. The van der Waals surface area contributed by atoms with Gasteiger partial charge in [-0.2, -0.15) is 20.1 Å². The summed E-state index contributed by atoms with van der Waals surface area (Å²) in [6, 6.07) is 0. The van der Waals surface area contributed by atoms with Crippen molar-refractivity contribution in [2.45, 2.75) is 6.42 Å². The van der Waals surface area contributed by atoms with Crippen LogP contribution >= 0.6 is 11.6 Å². The average Bonchev–Trinajstić information content (AvgIpc) is 2.74. The molecule has 0 amide bonds. The molecule has 0 bridgehead atoms. The summed E-state index contributed by atoms with van der Waals surface area (Å²) >= 11 is 5.84. The molecule has 0 aliphatic heterocycles. The predicted molar refractivity (Wildman–Crippen MR) is 72.4 cm³/mol. The van der Waals surface area contributed by atoms with Crippen molar-refractivity contribution in [3.8, 4) is 0 Å². The van der Waals surface area contributed by atoms with Crippen LogP contribution in [-0.4, -0.2) is 50.4 Å². The third-order valence-corrected chi connectivity index (χ3v) is 2.44. The second-order valence-corrected chi connectivity index (χ2v) is 4.47. The van der Waals surface area contributed by atoms with Crippen molar-refractivity contribution >= 4 is 23.5 Å². The number of hydrogen-bond acceptors (Lipinski definition) is 7. The number of aryl methyl sites for hydroxylation is 1. The van der Waals surface area contributed by atoms with E-state index < -0.39 is 0 Å². The number of nitrogens with one attached hydrogen (secondary N) is 1. The zero-order valence-corrected chi connectivity index (χ0v) is 11.8. The quantitative estimate of drug-likeness (QED) is 0.848. The lowest BCUT2D eigenvalue weighted by Crippen LogP contribution is -2.16. The summed E-state index contributed by atoms with van der Waals surface area (Å²) in [5.74, 6) is 1.72. The molecule has 19 heavy (non-hydrogen) atoms. The van der Waals surface area contributed by atoms with E-state index in [2.05, 4.69) is 30.4 Å². The van der Waals surface area contributed by atoms with Gasteiger partial charge in [-0.05, 0) is 11.6 Å². The van der Waals surface area contributed by atoms with Crippen LogP contribution in [0, 0.1) is 0 Å². The Morgan fingerprint density at radius 3 is 2.74 bits per heavy atom. The average molecular weight is 283 g/mol. The Hall–Kier alpha value is -1.96. The van der Waals surface area contributed by atoms with E-state index in [9.17, 15) is 0 Å². The number of anilines is 2. The summed E-state index contributed by atoms with van der Waals surface area (Å²) in [5.41, 5.74) is 0. The maximum Gasteiger partial charge on any atom is 0.230 e. The number of aromatic nitrogens is 6. The van der Waals surface area contributed by atoms with Crippen LogP contribution in [0.3, 0.4) is 0 Å². The molecule has 8 nitrogen and oxygen atoms in total. The molecule has 0 fully saturated rings. The number of rotatable bonds is 5. The molecule has 0 saturated heterocycles. The van der Waals surface area contributed by atoms with Crippen LogP contribution < -0.4 is 10.2 Å². The minimum atomic E-state index is 0.164. The summed E-state index contributed by atoms with van der Waals surface area (Å²) in [4.78, 5) is 18.1. The van der Waals surface area contributed by atoms with E-state index in [0.29, 0.717) is 24.9 Å². The number of nitrogens with zero attached hydrogens (tertiary/aromatic N) is 7. The highest BCUT2D eigenvalue weighted by Crippen LogP contribution is 2.11. The van der Waals surface area contributed by atoms with Crippen molar-refractivity contribution in [3.05, 3.63) is 17.4 Å². The lowest BCUT2D eigenvalue weighted by atomic mass is 10.4. The first-order chi connectivity index (χ1) is 9.04. The second-order valence-electron chi connectivity index (χ2n) is 4.13. The molecule has 0 atom stereocenters. The van der Waals surface area contributed by atoms with Crippen LogP contribution in [0.2, 0.25) is 5.28 Å². The molecular formula is C10H15ClN8.